The number of fused-ring (bicyclic) bond motifs is 4. The summed E-state index contributed by atoms with van der Waals surface area (Å²) in [6, 6.07) is 0. The fourth-order valence-corrected chi connectivity index (χ4v) is 9.48. The van der Waals surface area contributed by atoms with Crippen LogP contribution in [0, 0.1) is 39.9 Å². The zero-order valence-electron chi connectivity index (χ0n) is 19.6. The van der Waals surface area contributed by atoms with E-state index in [0.717, 1.165) is 44.2 Å². The highest BCUT2D eigenvalue weighted by Gasteiger charge is 2.68. The second-order valence-corrected chi connectivity index (χ2v) is 11.9. The maximum absolute atomic E-state index is 11.8. The first-order chi connectivity index (χ1) is 14.6. The van der Waals surface area contributed by atoms with Gasteiger partial charge in [0.15, 0.2) is 0 Å². The molecule has 4 fully saturated rings. The van der Waals surface area contributed by atoms with Gasteiger partial charge in [-0.05, 0) is 86.9 Å². The van der Waals surface area contributed by atoms with Gasteiger partial charge in [-0.25, -0.2) is 0 Å². The highest BCUT2D eigenvalue weighted by Crippen LogP contribution is 2.74. The third-order valence-corrected chi connectivity index (χ3v) is 10.6. The van der Waals surface area contributed by atoms with Crippen molar-refractivity contribution in [2.75, 3.05) is 0 Å². The molecule has 172 valence electrons. The quantitative estimate of drug-likeness (QED) is 0.642. The van der Waals surface area contributed by atoms with Gasteiger partial charge in [0, 0.05) is 30.4 Å². The van der Waals surface area contributed by atoms with E-state index in [9.17, 15) is 9.59 Å². The van der Waals surface area contributed by atoms with E-state index in [0.29, 0.717) is 23.7 Å². The number of carbonyl (C=O) groups is 2. The van der Waals surface area contributed by atoms with E-state index in [1.807, 2.05) is 0 Å². The molecule has 0 radical (unpaired) electrons. The Morgan fingerprint density at radius 3 is 2.45 bits per heavy atom. The van der Waals surface area contributed by atoms with Gasteiger partial charge in [-0.1, -0.05) is 19.9 Å². The van der Waals surface area contributed by atoms with E-state index in [-0.39, 0.29) is 40.4 Å². The van der Waals surface area contributed by atoms with Gasteiger partial charge in [-0.15, -0.1) is 0 Å². The van der Waals surface area contributed by atoms with E-state index >= 15 is 0 Å². The Bertz CT molecular complexity index is 822. The molecule has 0 bridgehead atoms. The Kier molecular flexibility index (Phi) is 4.81. The number of nitrogens with two attached hydrogens (primary N) is 1. The molecule has 0 heterocycles. The van der Waals surface area contributed by atoms with Gasteiger partial charge >= 0.3 is 11.9 Å². The van der Waals surface area contributed by atoms with Crippen LogP contribution in [-0.2, 0) is 19.1 Å². The fourth-order valence-electron chi connectivity index (χ4n) is 9.48. The zero-order chi connectivity index (χ0) is 22.2. The molecule has 2 N–H and O–H groups in total. The Morgan fingerprint density at radius 1 is 1.00 bits per heavy atom. The van der Waals surface area contributed by atoms with E-state index in [1.165, 1.54) is 26.2 Å². The lowest BCUT2D eigenvalue weighted by Gasteiger charge is -2.66. The molecule has 5 nitrogen and oxygen atoms in total. The zero-order valence-corrected chi connectivity index (χ0v) is 19.6. The van der Waals surface area contributed by atoms with Crippen molar-refractivity contribution < 1.29 is 19.1 Å². The molecule has 0 amide bonds. The molecule has 31 heavy (non-hydrogen) atoms. The first-order valence-corrected chi connectivity index (χ1v) is 12.4. The van der Waals surface area contributed by atoms with Crippen LogP contribution in [0.1, 0.15) is 85.5 Å². The summed E-state index contributed by atoms with van der Waals surface area (Å²) >= 11 is 0. The maximum Gasteiger partial charge on any atom is 0.302 e. The summed E-state index contributed by atoms with van der Waals surface area (Å²) in [6.45, 7) is 7.99. The second kappa shape index (κ2) is 6.99. The fraction of sp³-hybridized carbons (Fsp3) is 0.846. The first-order valence-electron chi connectivity index (χ1n) is 12.4. The molecule has 5 rings (SSSR count). The van der Waals surface area contributed by atoms with Gasteiger partial charge in [-0.3, -0.25) is 9.59 Å². The number of hydrogen-bond acceptors (Lipinski definition) is 5. The largest absolute Gasteiger partial charge is 0.463 e. The number of rotatable bonds is 2. The van der Waals surface area contributed by atoms with Gasteiger partial charge in [-0.2, -0.15) is 0 Å². The van der Waals surface area contributed by atoms with Gasteiger partial charge in [0.25, 0.3) is 0 Å². The Labute approximate surface area is 186 Å². The smallest absolute Gasteiger partial charge is 0.302 e. The summed E-state index contributed by atoms with van der Waals surface area (Å²) in [6.07, 6.45) is 12.2. The lowest BCUT2D eigenvalue weighted by Crippen LogP contribution is -2.61. The number of hydrogen-bond donors (Lipinski definition) is 1. The average molecular weight is 430 g/mol. The van der Waals surface area contributed by atoms with Crippen molar-refractivity contribution in [1.82, 2.24) is 0 Å². The number of carbonyl (C=O) groups excluding carboxylic acids is 2. The summed E-state index contributed by atoms with van der Waals surface area (Å²) in [7, 11) is 0. The predicted molar refractivity (Wildman–Crippen MR) is 118 cm³/mol. The van der Waals surface area contributed by atoms with Crippen LogP contribution in [0.2, 0.25) is 0 Å². The number of esters is 2. The lowest BCUT2D eigenvalue weighted by atomic mass is 9.38. The topological polar surface area (TPSA) is 78.6 Å². The minimum atomic E-state index is -0.166. The molecule has 0 aromatic heterocycles. The van der Waals surface area contributed by atoms with Crippen molar-refractivity contribution >= 4 is 11.9 Å². The first kappa shape index (κ1) is 21.3. The number of allylic oxidation sites excluding steroid dienone is 2. The molecule has 5 aliphatic rings. The van der Waals surface area contributed by atoms with E-state index in [2.05, 4.69) is 19.9 Å². The third kappa shape index (κ3) is 2.94. The Balaban J connectivity index is 1.48. The molecular weight excluding hydrogens is 390 g/mol. The normalized spacial score (nSPS) is 50.4. The van der Waals surface area contributed by atoms with Crippen LogP contribution in [0.15, 0.2) is 11.8 Å². The number of ether oxygens (including phenoxy) is 2. The molecule has 0 aromatic carbocycles. The van der Waals surface area contributed by atoms with Crippen molar-refractivity contribution in [2.45, 2.75) is 97.7 Å². The highest BCUT2D eigenvalue weighted by molar-refractivity contribution is 5.66. The van der Waals surface area contributed by atoms with Crippen LogP contribution < -0.4 is 5.73 Å². The maximum atomic E-state index is 11.8. The standard InChI is InChI=1S/C26H39NO4/c1-15(28)30-19-7-10-25(4)22-8-9-24(3)21(5-6-23(24)31-16(2)29)20(22)12-17-11-18(27)13-26(17,25)14-19/h13,17,19-23H,5-12,14,27H2,1-4H3/t17-,19+,20-,21-,22-,23-,24-,25+,26+/m0/s1. The van der Waals surface area contributed by atoms with Crippen LogP contribution in [0.4, 0.5) is 0 Å². The van der Waals surface area contributed by atoms with Crippen LogP contribution in [-0.4, -0.2) is 24.1 Å². The van der Waals surface area contributed by atoms with Gasteiger partial charge in [0.05, 0.1) is 0 Å². The average Bonchev–Trinajstić information content (AvgIpc) is 3.16. The minimum Gasteiger partial charge on any atom is -0.463 e. The van der Waals surface area contributed by atoms with Crippen LogP contribution in [0.5, 0.6) is 0 Å². The van der Waals surface area contributed by atoms with Crippen molar-refractivity contribution in [1.29, 1.82) is 0 Å². The summed E-state index contributed by atoms with van der Waals surface area (Å²) in [4.78, 5) is 23.5. The minimum absolute atomic E-state index is 0.0143. The molecule has 9 atom stereocenters. The molecule has 0 aliphatic heterocycles. The lowest BCUT2D eigenvalue weighted by molar-refractivity contribution is -0.194. The molecule has 5 heteroatoms. The van der Waals surface area contributed by atoms with Gasteiger partial charge in [0.2, 0.25) is 0 Å². The Morgan fingerprint density at radius 2 is 1.74 bits per heavy atom. The highest BCUT2D eigenvalue weighted by atomic mass is 16.5. The summed E-state index contributed by atoms with van der Waals surface area (Å²) in [5, 5.41) is 0. The van der Waals surface area contributed by atoms with Crippen molar-refractivity contribution in [3.8, 4) is 0 Å². The van der Waals surface area contributed by atoms with Crippen molar-refractivity contribution in [2.24, 2.45) is 45.7 Å². The van der Waals surface area contributed by atoms with Gasteiger partial charge < -0.3 is 15.2 Å². The van der Waals surface area contributed by atoms with Gasteiger partial charge in [0.1, 0.15) is 12.2 Å². The van der Waals surface area contributed by atoms with Crippen LogP contribution in [0.3, 0.4) is 0 Å². The SMILES string of the molecule is CC(=O)O[C@@H]1CC[C@]2(C)[C@H]3CC[C@]4(C)[C@@H](OC(C)=O)CC[C@H]4[C@@H]3C[C@@H]3CC(N)=C[C@@]32C1. The summed E-state index contributed by atoms with van der Waals surface area (Å²) < 4.78 is 11.6. The Hall–Kier alpha value is -1.52. The molecule has 1 spiro atoms. The molecular formula is C26H39NO4. The monoisotopic (exact) mass is 429 g/mol. The molecule has 5 aliphatic carbocycles. The molecule has 0 aromatic rings. The van der Waals surface area contributed by atoms with E-state index in [4.69, 9.17) is 15.2 Å². The predicted octanol–water partition coefficient (Wildman–Crippen LogP) is 4.74. The van der Waals surface area contributed by atoms with Crippen molar-refractivity contribution in [3.05, 3.63) is 11.8 Å². The third-order valence-electron chi connectivity index (χ3n) is 10.6. The van der Waals surface area contributed by atoms with E-state index < -0.39 is 0 Å². The second-order valence-electron chi connectivity index (χ2n) is 11.9. The summed E-state index contributed by atoms with van der Waals surface area (Å²) in [5.41, 5.74) is 7.88. The van der Waals surface area contributed by atoms with Crippen molar-refractivity contribution in [3.63, 3.8) is 0 Å². The van der Waals surface area contributed by atoms with E-state index in [1.54, 1.807) is 6.92 Å². The van der Waals surface area contributed by atoms with Crippen LogP contribution in [0.25, 0.3) is 0 Å². The molecule has 0 unspecified atom stereocenters. The molecule has 4 saturated carbocycles. The molecule has 0 saturated heterocycles. The van der Waals surface area contributed by atoms with Crippen LogP contribution >= 0.6 is 0 Å². The summed E-state index contributed by atoms with van der Waals surface area (Å²) in [5.74, 6) is 2.19.